The van der Waals surface area contributed by atoms with Gasteiger partial charge in [0.1, 0.15) is 5.82 Å². The largest absolute Gasteiger partial charge is 0.312 e. The van der Waals surface area contributed by atoms with Crippen LogP contribution in [-0.2, 0) is 19.4 Å². The summed E-state index contributed by atoms with van der Waals surface area (Å²) < 4.78 is 0. The molecule has 3 rings (SSSR count). The zero-order valence-electron chi connectivity index (χ0n) is 13.5. The van der Waals surface area contributed by atoms with Crippen LogP contribution < -0.4 is 5.32 Å². The topological polar surface area (TPSA) is 44.3 Å². The van der Waals surface area contributed by atoms with Crippen molar-refractivity contribution in [3.8, 4) is 0 Å². The normalized spacial score (nSPS) is 24.6. The molecule has 21 heavy (non-hydrogen) atoms. The molecule has 0 aliphatic carbocycles. The number of hydrogen-bond acceptors (Lipinski definition) is 5. The molecule has 1 aromatic heterocycles. The summed E-state index contributed by atoms with van der Waals surface area (Å²) in [5.74, 6) is 1.03. The Morgan fingerprint density at radius 1 is 1.24 bits per heavy atom. The van der Waals surface area contributed by atoms with E-state index in [4.69, 9.17) is 9.97 Å². The second-order valence-corrected chi connectivity index (χ2v) is 6.35. The minimum absolute atomic E-state index is 0.322. The molecule has 2 aliphatic heterocycles. The van der Waals surface area contributed by atoms with Crippen molar-refractivity contribution in [2.75, 3.05) is 40.3 Å². The molecule has 5 nitrogen and oxygen atoms in total. The number of aryl methyl sites for hydroxylation is 1. The van der Waals surface area contributed by atoms with Crippen LogP contribution in [0, 0.1) is 0 Å². The Labute approximate surface area is 127 Å². The van der Waals surface area contributed by atoms with E-state index >= 15 is 0 Å². The summed E-state index contributed by atoms with van der Waals surface area (Å²) in [6.07, 6.45) is 3.24. The van der Waals surface area contributed by atoms with E-state index in [0.29, 0.717) is 6.04 Å². The number of nitrogens with zero attached hydrogens (tertiary/aromatic N) is 4. The van der Waals surface area contributed by atoms with Gasteiger partial charge in [-0.3, -0.25) is 4.90 Å². The molecule has 2 aliphatic rings. The Morgan fingerprint density at radius 3 is 2.90 bits per heavy atom. The highest BCUT2D eigenvalue weighted by molar-refractivity contribution is 5.29. The minimum atomic E-state index is 0.322. The third-order valence-electron chi connectivity index (χ3n) is 4.74. The third kappa shape index (κ3) is 3.10. The van der Waals surface area contributed by atoms with Crippen molar-refractivity contribution in [1.82, 2.24) is 25.1 Å². The first-order chi connectivity index (χ1) is 10.2. The molecule has 0 radical (unpaired) electrons. The van der Waals surface area contributed by atoms with E-state index in [9.17, 15) is 0 Å². The molecular weight excluding hydrogens is 262 g/mol. The van der Waals surface area contributed by atoms with E-state index in [1.165, 1.54) is 23.4 Å². The second kappa shape index (κ2) is 6.38. The number of fused-ring (bicyclic) bond motifs is 1. The lowest BCUT2D eigenvalue weighted by Gasteiger charge is -2.28. The number of likely N-dealkylation sites (N-methyl/N-ethyl adjacent to an activating group) is 2. The maximum Gasteiger partial charge on any atom is 0.147 e. The molecule has 0 spiro atoms. The average molecular weight is 289 g/mol. The SMILES string of the molecule is CCc1nc(C2CN(C)CCCN2C)nc2c1CNCC2. The van der Waals surface area contributed by atoms with Crippen LogP contribution in [-0.4, -0.2) is 60.0 Å². The highest BCUT2D eigenvalue weighted by atomic mass is 15.2. The molecule has 3 heterocycles. The van der Waals surface area contributed by atoms with Gasteiger partial charge in [0.15, 0.2) is 0 Å². The van der Waals surface area contributed by atoms with E-state index in [0.717, 1.165) is 51.4 Å². The highest BCUT2D eigenvalue weighted by Gasteiger charge is 2.26. The van der Waals surface area contributed by atoms with Crippen molar-refractivity contribution in [3.05, 3.63) is 22.8 Å². The summed E-state index contributed by atoms with van der Waals surface area (Å²) in [5, 5.41) is 3.44. The van der Waals surface area contributed by atoms with Crippen LogP contribution in [0.2, 0.25) is 0 Å². The van der Waals surface area contributed by atoms with Crippen LogP contribution in [0.15, 0.2) is 0 Å². The fraction of sp³-hybridized carbons (Fsp3) is 0.750. The van der Waals surface area contributed by atoms with Crippen LogP contribution in [0.3, 0.4) is 0 Å². The maximum atomic E-state index is 4.95. The fourth-order valence-corrected chi connectivity index (χ4v) is 3.43. The lowest BCUT2D eigenvalue weighted by molar-refractivity contribution is 0.218. The van der Waals surface area contributed by atoms with Crippen LogP contribution in [0.1, 0.15) is 42.2 Å². The van der Waals surface area contributed by atoms with E-state index in [1.54, 1.807) is 0 Å². The number of nitrogens with one attached hydrogen (secondary N) is 1. The van der Waals surface area contributed by atoms with Crippen molar-refractivity contribution >= 4 is 0 Å². The quantitative estimate of drug-likeness (QED) is 0.880. The molecule has 0 aromatic carbocycles. The predicted octanol–water partition coefficient (Wildman–Crippen LogP) is 0.993. The minimum Gasteiger partial charge on any atom is -0.312 e. The molecule has 1 unspecified atom stereocenters. The summed E-state index contributed by atoms with van der Waals surface area (Å²) in [4.78, 5) is 14.7. The summed E-state index contributed by atoms with van der Waals surface area (Å²) in [5.41, 5.74) is 3.86. The van der Waals surface area contributed by atoms with Crippen LogP contribution in [0.25, 0.3) is 0 Å². The van der Waals surface area contributed by atoms with E-state index in [2.05, 4.69) is 36.1 Å². The van der Waals surface area contributed by atoms with Gasteiger partial charge in [0, 0.05) is 37.3 Å². The fourth-order valence-electron chi connectivity index (χ4n) is 3.43. The zero-order chi connectivity index (χ0) is 14.8. The standard InChI is InChI=1S/C16H27N5/c1-4-13-12-10-17-7-6-14(12)19-16(18-13)15-11-20(2)8-5-9-21(15)3/h15,17H,4-11H2,1-3H3. The van der Waals surface area contributed by atoms with Gasteiger partial charge in [0.05, 0.1) is 11.7 Å². The second-order valence-electron chi connectivity index (χ2n) is 6.35. The van der Waals surface area contributed by atoms with E-state index in [1.807, 2.05) is 0 Å². The number of aromatic nitrogens is 2. The van der Waals surface area contributed by atoms with Crippen molar-refractivity contribution in [1.29, 1.82) is 0 Å². The lowest BCUT2D eigenvalue weighted by atomic mass is 10.0. The van der Waals surface area contributed by atoms with Crippen molar-refractivity contribution in [2.24, 2.45) is 0 Å². The van der Waals surface area contributed by atoms with Crippen LogP contribution in [0.5, 0.6) is 0 Å². The monoisotopic (exact) mass is 289 g/mol. The van der Waals surface area contributed by atoms with Crippen LogP contribution >= 0.6 is 0 Å². The lowest BCUT2D eigenvalue weighted by Crippen LogP contribution is -2.34. The summed E-state index contributed by atoms with van der Waals surface area (Å²) in [7, 11) is 4.41. The number of hydrogen-bond donors (Lipinski definition) is 1. The molecule has 0 saturated carbocycles. The van der Waals surface area contributed by atoms with Crippen molar-refractivity contribution in [3.63, 3.8) is 0 Å². The molecule has 1 aromatic rings. The smallest absolute Gasteiger partial charge is 0.147 e. The third-order valence-corrected chi connectivity index (χ3v) is 4.74. The van der Waals surface area contributed by atoms with Gasteiger partial charge in [-0.15, -0.1) is 0 Å². The van der Waals surface area contributed by atoms with Crippen molar-refractivity contribution < 1.29 is 0 Å². The van der Waals surface area contributed by atoms with Gasteiger partial charge in [-0.05, 0) is 40.0 Å². The van der Waals surface area contributed by atoms with Crippen LogP contribution in [0.4, 0.5) is 0 Å². The number of rotatable bonds is 2. The van der Waals surface area contributed by atoms with Gasteiger partial charge in [-0.2, -0.15) is 0 Å². The molecule has 1 atom stereocenters. The molecule has 5 heteroatoms. The van der Waals surface area contributed by atoms with Gasteiger partial charge in [0.25, 0.3) is 0 Å². The van der Waals surface area contributed by atoms with Gasteiger partial charge < -0.3 is 10.2 Å². The Hall–Kier alpha value is -1.04. The van der Waals surface area contributed by atoms with E-state index in [-0.39, 0.29) is 0 Å². The first-order valence-corrected chi connectivity index (χ1v) is 8.17. The first-order valence-electron chi connectivity index (χ1n) is 8.17. The molecule has 1 fully saturated rings. The molecule has 0 bridgehead atoms. The van der Waals surface area contributed by atoms with Gasteiger partial charge >= 0.3 is 0 Å². The molecule has 1 saturated heterocycles. The summed E-state index contributed by atoms with van der Waals surface area (Å²) in [6, 6.07) is 0.322. The molecular formula is C16H27N5. The summed E-state index contributed by atoms with van der Waals surface area (Å²) in [6.45, 7) is 7.47. The summed E-state index contributed by atoms with van der Waals surface area (Å²) >= 11 is 0. The van der Waals surface area contributed by atoms with Crippen molar-refractivity contribution in [2.45, 2.75) is 38.8 Å². The Morgan fingerprint density at radius 2 is 2.10 bits per heavy atom. The highest BCUT2D eigenvalue weighted by Crippen LogP contribution is 2.24. The predicted molar refractivity (Wildman–Crippen MR) is 84.3 cm³/mol. The Bertz CT molecular complexity index is 484. The van der Waals surface area contributed by atoms with E-state index < -0.39 is 0 Å². The zero-order valence-corrected chi connectivity index (χ0v) is 13.5. The Balaban J connectivity index is 1.97. The van der Waals surface area contributed by atoms with Gasteiger partial charge in [0.2, 0.25) is 0 Å². The van der Waals surface area contributed by atoms with Gasteiger partial charge in [-0.1, -0.05) is 6.92 Å². The Kier molecular flexibility index (Phi) is 4.52. The molecule has 116 valence electrons. The average Bonchev–Trinajstić information content (AvgIpc) is 2.67. The first kappa shape index (κ1) is 14.9. The molecule has 0 amide bonds. The maximum absolute atomic E-state index is 4.95. The van der Waals surface area contributed by atoms with Gasteiger partial charge in [-0.25, -0.2) is 9.97 Å². The molecule has 1 N–H and O–H groups in total.